The summed E-state index contributed by atoms with van der Waals surface area (Å²) in [6.45, 7) is 1.75. The molecular formula is C18H15N3O4. The maximum atomic E-state index is 12.7. The van der Waals surface area contributed by atoms with Crippen LogP contribution in [0.15, 0.2) is 59.2 Å². The van der Waals surface area contributed by atoms with Crippen molar-refractivity contribution in [2.75, 3.05) is 12.1 Å². The largest absolute Gasteiger partial charge is 0.497 e. The van der Waals surface area contributed by atoms with Crippen LogP contribution in [-0.2, 0) is 4.79 Å². The van der Waals surface area contributed by atoms with Gasteiger partial charge in [-0.1, -0.05) is 12.1 Å². The molecular weight excluding hydrogens is 322 g/mol. The number of amides is 1. The molecule has 0 bridgehead atoms. The molecule has 1 aliphatic rings. The lowest BCUT2D eigenvalue weighted by Crippen LogP contribution is -2.21. The minimum atomic E-state index is -0.488. The fraction of sp³-hybridized carbons (Fsp3) is 0.111. The van der Waals surface area contributed by atoms with Gasteiger partial charge in [0.05, 0.1) is 29.0 Å². The summed E-state index contributed by atoms with van der Waals surface area (Å²) in [7, 11) is 1.58. The third-order valence-electron chi connectivity index (χ3n) is 3.77. The Kier molecular flexibility index (Phi) is 4.30. The van der Waals surface area contributed by atoms with Gasteiger partial charge in [-0.25, -0.2) is 0 Å². The van der Waals surface area contributed by atoms with Crippen molar-refractivity contribution < 1.29 is 14.5 Å². The highest BCUT2D eigenvalue weighted by Gasteiger charge is 2.28. The standard InChI is InChI=1S/C18H15N3O4/c1-12-17(11-13-4-3-5-16(10-13)25-2)18(22)20(19-12)14-6-8-15(9-7-14)21(23)24/h3-11H,1-2H3/b17-11+. The van der Waals surface area contributed by atoms with Gasteiger partial charge < -0.3 is 4.74 Å². The SMILES string of the molecule is COc1cccc(/C=C2/C(=O)N(c3ccc([N+](=O)[O-])cc3)N=C2C)c1. The number of hydrogen-bond acceptors (Lipinski definition) is 5. The van der Waals surface area contributed by atoms with Gasteiger partial charge in [0, 0.05) is 12.1 Å². The van der Waals surface area contributed by atoms with Crippen LogP contribution in [0.25, 0.3) is 6.08 Å². The van der Waals surface area contributed by atoms with Crippen LogP contribution in [0.1, 0.15) is 12.5 Å². The zero-order valence-electron chi connectivity index (χ0n) is 13.7. The quantitative estimate of drug-likeness (QED) is 0.486. The van der Waals surface area contributed by atoms with Crippen LogP contribution in [0.4, 0.5) is 11.4 Å². The molecule has 3 rings (SSSR count). The normalized spacial score (nSPS) is 15.4. The van der Waals surface area contributed by atoms with E-state index in [4.69, 9.17) is 4.74 Å². The van der Waals surface area contributed by atoms with Crippen LogP contribution in [0, 0.1) is 10.1 Å². The molecule has 0 aliphatic carbocycles. The van der Waals surface area contributed by atoms with E-state index in [-0.39, 0.29) is 11.6 Å². The molecule has 2 aromatic rings. The van der Waals surface area contributed by atoms with E-state index in [1.54, 1.807) is 20.1 Å². The molecule has 1 aliphatic heterocycles. The predicted octanol–water partition coefficient (Wildman–Crippen LogP) is 3.41. The Morgan fingerprint density at radius 3 is 2.56 bits per heavy atom. The Hall–Kier alpha value is -3.48. The summed E-state index contributed by atoms with van der Waals surface area (Å²) in [6.07, 6.45) is 1.75. The number of carbonyl (C=O) groups is 1. The molecule has 0 saturated heterocycles. The van der Waals surface area contributed by atoms with Crippen LogP contribution in [0.5, 0.6) is 5.75 Å². The van der Waals surface area contributed by atoms with Gasteiger partial charge in [-0.15, -0.1) is 0 Å². The Labute approximate surface area is 144 Å². The average molecular weight is 337 g/mol. The Morgan fingerprint density at radius 2 is 1.92 bits per heavy atom. The lowest BCUT2D eigenvalue weighted by atomic mass is 10.1. The number of nitrogens with zero attached hydrogens (tertiary/aromatic N) is 3. The van der Waals surface area contributed by atoms with Crippen molar-refractivity contribution in [2.45, 2.75) is 6.92 Å². The van der Waals surface area contributed by atoms with Crippen LogP contribution < -0.4 is 9.75 Å². The smallest absolute Gasteiger partial charge is 0.280 e. The zero-order valence-corrected chi connectivity index (χ0v) is 13.7. The number of methoxy groups -OCH3 is 1. The van der Waals surface area contributed by atoms with Crippen LogP contribution in [-0.4, -0.2) is 23.7 Å². The van der Waals surface area contributed by atoms with E-state index < -0.39 is 4.92 Å². The average Bonchev–Trinajstić information content (AvgIpc) is 2.90. The van der Waals surface area contributed by atoms with E-state index in [2.05, 4.69) is 5.10 Å². The highest BCUT2D eigenvalue weighted by molar-refractivity contribution is 6.32. The van der Waals surface area contributed by atoms with Crippen molar-refractivity contribution in [3.63, 3.8) is 0 Å². The van der Waals surface area contributed by atoms with Crippen molar-refractivity contribution in [3.8, 4) is 5.75 Å². The summed E-state index contributed by atoms with van der Waals surface area (Å²) in [5.74, 6) is 0.413. The number of hydrazone groups is 1. The summed E-state index contributed by atoms with van der Waals surface area (Å²) in [6, 6.07) is 13.0. The van der Waals surface area contributed by atoms with Crippen molar-refractivity contribution in [3.05, 3.63) is 69.8 Å². The van der Waals surface area contributed by atoms with Crippen molar-refractivity contribution in [1.82, 2.24) is 0 Å². The van der Waals surface area contributed by atoms with Gasteiger partial charge in [0.2, 0.25) is 0 Å². The molecule has 1 amide bonds. The second-order valence-corrected chi connectivity index (χ2v) is 5.41. The first-order valence-corrected chi connectivity index (χ1v) is 7.50. The fourth-order valence-electron chi connectivity index (χ4n) is 2.47. The second-order valence-electron chi connectivity index (χ2n) is 5.41. The van der Waals surface area contributed by atoms with Gasteiger partial charge in [-0.05, 0) is 42.8 Å². The number of ether oxygens (including phenoxy) is 1. The maximum absolute atomic E-state index is 12.7. The van der Waals surface area contributed by atoms with Crippen molar-refractivity contribution >= 4 is 29.1 Å². The number of non-ortho nitro benzene ring substituents is 1. The molecule has 0 atom stereocenters. The van der Waals surface area contributed by atoms with Gasteiger partial charge in [0.15, 0.2) is 0 Å². The molecule has 2 aromatic carbocycles. The summed E-state index contributed by atoms with van der Waals surface area (Å²) < 4.78 is 5.18. The van der Waals surface area contributed by atoms with Gasteiger partial charge in [-0.3, -0.25) is 14.9 Å². The summed E-state index contributed by atoms with van der Waals surface area (Å²) in [5, 5.41) is 16.2. The van der Waals surface area contributed by atoms with E-state index >= 15 is 0 Å². The number of carbonyl (C=O) groups excluding carboxylic acids is 1. The van der Waals surface area contributed by atoms with Crippen molar-refractivity contribution in [2.24, 2.45) is 5.10 Å². The summed E-state index contributed by atoms with van der Waals surface area (Å²) in [4.78, 5) is 22.9. The number of rotatable bonds is 4. The third kappa shape index (κ3) is 3.25. The van der Waals surface area contributed by atoms with E-state index in [0.29, 0.717) is 22.7 Å². The first-order chi connectivity index (χ1) is 12.0. The number of anilines is 1. The lowest BCUT2D eigenvalue weighted by Gasteiger charge is -2.11. The summed E-state index contributed by atoms with van der Waals surface area (Å²) in [5.41, 5.74) is 2.30. The second kappa shape index (κ2) is 6.56. The number of nitro groups is 1. The monoisotopic (exact) mass is 337 g/mol. The van der Waals surface area contributed by atoms with Crippen LogP contribution >= 0.6 is 0 Å². The Balaban J connectivity index is 1.90. The molecule has 0 saturated carbocycles. The molecule has 0 N–H and O–H groups in total. The molecule has 0 unspecified atom stereocenters. The highest BCUT2D eigenvalue weighted by Crippen LogP contribution is 2.27. The molecule has 0 fully saturated rings. The van der Waals surface area contributed by atoms with Gasteiger partial charge in [-0.2, -0.15) is 10.1 Å². The topological polar surface area (TPSA) is 85.0 Å². The maximum Gasteiger partial charge on any atom is 0.280 e. The molecule has 7 heteroatoms. The van der Waals surface area contributed by atoms with Gasteiger partial charge in [0.1, 0.15) is 5.75 Å². The first-order valence-electron chi connectivity index (χ1n) is 7.50. The van der Waals surface area contributed by atoms with Gasteiger partial charge >= 0.3 is 0 Å². The van der Waals surface area contributed by atoms with E-state index in [1.807, 2.05) is 24.3 Å². The third-order valence-corrected chi connectivity index (χ3v) is 3.77. The minimum absolute atomic E-state index is 0.0387. The molecule has 1 heterocycles. The van der Waals surface area contributed by atoms with Gasteiger partial charge in [0.25, 0.3) is 11.6 Å². The molecule has 126 valence electrons. The van der Waals surface area contributed by atoms with Crippen molar-refractivity contribution in [1.29, 1.82) is 0 Å². The van der Waals surface area contributed by atoms with E-state index in [1.165, 1.54) is 29.3 Å². The molecule has 0 radical (unpaired) electrons. The molecule has 25 heavy (non-hydrogen) atoms. The summed E-state index contributed by atoms with van der Waals surface area (Å²) >= 11 is 0. The minimum Gasteiger partial charge on any atom is -0.497 e. The molecule has 0 spiro atoms. The Morgan fingerprint density at radius 1 is 1.20 bits per heavy atom. The number of nitro benzene ring substituents is 1. The Bertz CT molecular complexity index is 901. The van der Waals surface area contributed by atoms with Crippen LogP contribution in [0.2, 0.25) is 0 Å². The fourth-order valence-corrected chi connectivity index (χ4v) is 2.47. The molecule has 7 nitrogen and oxygen atoms in total. The predicted molar refractivity (Wildman–Crippen MR) is 94.7 cm³/mol. The lowest BCUT2D eigenvalue weighted by molar-refractivity contribution is -0.384. The first kappa shape index (κ1) is 16.4. The number of benzene rings is 2. The van der Waals surface area contributed by atoms with E-state index in [9.17, 15) is 14.9 Å². The van der Waals surface area contributed by atoms with E-state index in [0.717, 1.165) is 5.56 Å². The number of hydrogen-bond donors (Lipinski definition) is 0. The highest BCUT2D eigenvalue weighted by atomic mass is 16.6. The molecule has 0 aromatic heterocycles. The van der Waals surface area contributed by atoms with Crippen LogP contribution in [0.3, 0.4) is 0 Å². The zero-order chi connectivity index (χ0) is 18.0.